The summed E-state index contributed by atoms with van der Waals surface area (Å²) >= 11 is 6.09. The molecule has 38 heavy (non-hydrogen) atoms. The normalized spacial score (nSPS) is 11.3. The minimum Gasteiger partial charge on any atom is -0.329 e. The Morgan fingerprint density at radius 3 is 2.21 bits per heavy atom. The molecule has 0 saturated carbocycles. The number of amides is 2. The Labute approximate surface area is 229 Å². The molecule has 2 amide bonds. The van der Waals surface area contributed by atoms with Gasteiger partial charge < -0.3 is 10.2 Å². The van der Waals surface area contributed by atoms with Crippen LogP contribution in [0.1, 0.15) is 50.0 Å². The summed E-state index contributed by atoms with van der Waals surface area (Å²) in [7, 11) is 0. The van der Waals surface area contributed by atoms with Gasteiger partial charge in [0.2, 0.25) is 5.91 Å². The standard InChI is InChI=1S/C31H33ClN4O2/c1-5-19-35(30(38)23-11-13-24(14-12-23)31(2,3)4)21-29(37)33-28-20-27(22-9-7-6-8-10-22)34-36(28)26-17-15-25(32)16-18-26/h6-18,20H,5,19,21H2,1-4H3,(H,33,37). The van der Waals surface area contributed by atoms with Crippen molar-refractivity contribution >= 4 is 29.2 Å². The third-order valence-electron chi connectivity index (χ3n) is 6.23. The van der Waals surface area contributed by atoms with E-state index in [1.165, 1.54) is 0 Å². The van der Waals surface area contributed by atoms with E-state index in [0.717, 1.165) is 28.9 Å². The first kappa shape index (κ1) is 27.1. The molecule has 0 aliphatic carbocycles. The zero-order valence-corrected chi connectivity index (χ0v) is 23.0. The fourth-order valence-corrected chi connectivity index (χ4v) is 4.30. The van der Waals surface area contributed by atoms with Crippen LogP contribution in [0.15, 0.2) is 84.9 Å². The first-order valence-corrected chi connectivity index (χ1v) is 13.1. The molecule has 0 aliphatic rings. The monoisotopic (exact) mass is 528 g/mol. The number of carbonyl (C=O) groups excluding carboxylic acids is 2. The third-order valence-corrected chi connectivity index (χ3v) is 6.48. The number of benzene rings is 3. The van der Waals surface area contributed by atoms with Crippen molar-refractivity contribution in [1.82, 2.24) is 14.7 Å². The van der Waals surface area contributed by atoms with Crippen molar-refractivity contribution in [3.8, 4) is 16.9 Å². The Morgan fingerprint density at radius 1 is 0.947 bits per heavy atom. The maximum Gasteiger partial charge on any atom is 0.254 e. The average Bonchev–Trinajstić information content (AvgIpc) is 3.32. The Bertz CT molecular complexity index is 1390. The van der Waals surface area contributed by atoms with E-state index in [2.05, 4.69) is 26.1 Å². The Hall–Kier alpha value is -3.90. The maximum absolute atomic E-state index is 13.3. The van der Waals surface area contributed by atoms with Crippen LogP contribution in [0.4, 0.5) is 5.82 Å². The van der Waals surface area contributed by atoms with E-state index >= 15 is 0 Å². The summed E-state index contributed by atoms with van der Waals surface area (Å²) in [5, 5.41) is 8.32. The number of hydrogen-bond donors (Lipinski definition) is 1. The number of nitrogens with zero attached hydrogens (tertiary/aromatic N) is 3. The molecule has 0 aliphatic heterocycles. The molecule has 1 heterocycles. The number of hydrogen-bond acceptors (Lipinski definition) is 3. The highest BCUT2D eigenvalue weighted by Gasteiger charge is 2.21. The highest BCUT2D eigenvalue weighted by molar-refractivity contribution is 6.30. The number of anilines is 1. The van der Waals surface area contributed by atoms with Crippen LogP contribution in [-0.2, 0) is 10.2 Å². The molecule has 1 aromatic heterocycles. The quantitative estimate of drug-likeness (QED) is 0.268. The summed E-state index contributed by atoms with van der Waals surface area (Å²) in [5.41, 5.74) is 4.12. The lowest BCUT2D eigenvalue weighted by Crippen LogP contribution is -2.38. The molecule has 4 aromatic rings. The number of nitrogens with one attached hydrogen (secondary N) is 1. The highest BCUT2D eigenvalue weighted by atomic mass is 35.5. The third kappa shape index (κ3) is 6.50. The number of rotatable bonds is 8. The molecule has 3 aromatic carbocycles. The van der Waals surface area contributed by atoms with Gasteiger partial charge in [0.05, 0.1) is 11.4 Å². The van der Waals surface area contributed by atoms with Crippen LogP contribution in [0.3, 0.4) is 0 Å². The molecule has 0 unspecified atom stereocenters. The predicted octanol–water partition coefficient (Wildman–Crippen LogP) is 6.98. The minimum absolute atomic E-state index is 0.00376. The van der Waals surface area contributed by atoms with Gasteiger partial charge in [0, 0.05) is 28.8 Å². The zero-order chi connectivity index (χ0) is 27.3. The van der Waals surface area contributed by atoms with Crippen LogP contribution in [0.25, 0.3) is 16.9 Å². The van der Waals surface area contributed by atoms with Gasteiger partial charge in [-0.25, -0.2) is 4.68 Å². The van der Waals surface area contributed by atoms with Gasteiger partial charge in [-0.3, -0.25) is 9.59 Å². The van der Waals surface area contributed by atoms with Gasteiger partial charge >= 0.3 is 0 Å². The van der Waals surface area contributed by atoms with Crippen LogP contribution in [0, 0.1) is 0 Å². The van der Waals surface area contributed by atoms with Crippen LogP contribution in [-0.4, -0.2) is 39.6 Å². The van der Waals surface area contributed by atoms with Crippen molar-refractivity contribution in [2.75, 3.05) is 18.4 Å². The lowest BCUT2D eigenvalue weighted by Gasteiger charge is -2.23. The molecule has 1 N–H and O–H groups in total. The predicted molar refractivity (Wildman–Crippen MR) is 154 cm³/mol. The molecule has 0 saturated heterocycles. The molecule has 4 rings (SSSR count). The lowest BCUT2D eigenvalue weighted by molar-refractivity contribution is -0.116. The Kier molecular flexibility index (Phi) is 8.32. The highest BCUT2D eigenvalue weighted by Crippen LogP contribution is 2.26. The largest absolute Gasteiger partial charge is 0.329 e. The molecule has 6 nitrogen and oxygen atoms in total. The van der Waals surface area contributed by atoms with Crippen molar-refractivity contribution in [2.24, 2.45) is 0 Å². The van der Waals surface area contributed by atoms with Crippen LogP contribution < -0.4 is 5.32 Å². The van der Waals surface area contributed by atoms with E-state index in [1.54, 1.807) is 21.7 Å². The van der Waals surface area contributed by atoms with Crippen molar-refractivity contribution in [2.45, 2.75) is 39.5 Å². The van der Waals surface area contributed by atoms with Gasteiger partial charge in [-0.2, -0.15) is 5.10 Å². The second kappa shape index (κ2) is 11.7. The van der Waals surface area contributed by atoms with Gasteiger partial charge in [0.15, 0.2) is 0 Å². The zero-order valence-electron chi connectivity index (χ0n) is 22.2. The number of aromatic nitrogens is 2. The summed E-state index contributed by atoms with van der Waals surface area (Å²) < 4.78 is 1.67. The SMILES string of the molecule is CCCN(CC(=O)Nc1cc(-c2ccccc2)nn1-c1ccc(Cl)cc1)C(=O)c1ccc(C(C)(C)C)cc1. The molecule has 196 valence electrons. The van der Waals surface area contributed by atoms with Crippen molar-refractivity contribution in [3.63, 3.8) is 0 Å². The van der Waals surface area contributed by atoms with E-state index in [4.69, 9.17) is 16.7 Å². The molecule has 0 spiro atoms. The van der Waals surface area contributed by atoms with Gasteiger partial charge in [-0.1, -0.05) is 81.8 Å². The van der Waals surface area contributed by atoms with E-state index in [-0.39, 0.29) is 23.8 Å². The van der Waals surface area contributed by atoms with E-state index in [1.807, 2.05) is 79.7 Å². The van der Waals surface area contributed by atoms with Crippen molar-refractivity contribution < 1.29 is 9.59 Å². The van der Waals surface area contributed by atoms with E-state index in [0.29, 0.717) is 22.9 Å². The second-order valence-corrected chi connectivity index (χ2v) is 10.7. The Balaban J connectivity index is 1.57. The lowest BCUT2D eigenvalue weighted by atomic mass is 9.86. The smallest absolute Gasteiger partial charge is 0.254 e. The minimum atomic E-state index is -0.298. The topological polar surface area (TPSA) is 67.2 Å². The first-order chi connectivity index (χ1) is 18.2. The number of halogens is 1. The van der Waals surface area contributed by atoms with Crippen molar-refractivity contribution in [3.05, 3.63) is 101 Å². The maximum atomic E-state index is 13.3. The van der Waals surface area contributed by atoms with Gasteiger partial charge in [0.1, 0.15) is 12.4 Å². The van der Waals surface area contributed by atoms with Gasteiger partial charge in [0.25, 0.3) is 5.91 Å². The summed E-state index contributed by atoms with van der Waals surface area (Å²) in [4.78, 5) is 28.1. The molecular formula is C31H33ClN4O2. The van der Waals surface area contributed by atoms with Crippen LogP contribution in [0.2, 0.25) is 5.02 Å². The summed E-state index contributed by atoms with van der Waals surface area (Å²) in [5.74, 6) is 0.0427. The second-order valence-electron chi connectivity index (χ2n) is 10.3. The van der Waals surface area contributed by atoms with E-state index < -0.39 is 0 Å². The first-order valence-electron chi connectivity index (χ1n) is 12.8. The summed E-state index contributed by atoms with van der Waals surface area (Å²) in [6.45, 7) is 8.79. The van der Waals surface area contributed by atoms with Gasteiger partial charge in [-0.15, -0.1) is 0 Å². The summed E-state index contributed by atoms with van der Waals surface area (Å²) in [6.07, 6.45) is 0.736. The van der Waals surface area contributed by atoms with Gasteiger partial charge in [-0.05, 0) is 53.8 Å². The molecule has 0 radical (unpaired) electrons. The van der Waals surface area contributed by atoms with Crippen LogP contribution in [0.5, 0.6) is 0 Å². The molecule has 7 heteroatoms. The number of carbonyl (C=O) groups is 2. The average molecular weight is 529 g/mol. The van der Waals surface area contributed by atoms with E-state index in [9.17, 15) is 9.59 Å². The molecule has 0 atom stereocenters. The van der Waals surface area contributed by atoms with Crippen LogP contribution >= 0.6 is 11.6 Å². The summed E-state index contributed by atoms with van der Waals surface area (Å²) in [6, 6.07) is 26.5. The molecule has 0 fully saturated rings. The fraction of sp³-hybridized carbons (Fsp3) is 0.258. The Morgan fingerprint density at radius 2 is 1.61 bits per heavy atom. The fourth-order valence-electron chi connectivity index (χ4n) is 4.17. The molecular weight excluding hydrogens is 496 g/mol. The van der Waals surface area contributed by atoms with Crippen molar-refractivity contribution in [1.29, 1.82) is 0 Å². The molecule has 0 bridgehead atoms.